The number of thioether (sulfide) groups is 1. The van der Waals surface area contributed by atoms with Gasteiger partial charge in [-0.2, -0.15) is 22.0 Å². The van der Waals surface area contributed by atoms with E-state index in [1.165, 1.54) is 0 Å². The van der Waals surface area contributed by atoms with E-state index in [4.69, 9.17) is 10.5 Å². The van der Waals surface area contributed by atoms with Crippen LogP contribution in [-0.2, 0) is 11.3 Å². The second-order valence-corrected chi connectivity index (χ2v) is 9.35. The van der Waals surface area contributed by atoms with E-state index in [1.807, 2.05) is 22.6 Å². The van der Waals surface area contributed by atoms with Gasteiger partial charge in [0.05, 0.1) is 23.6 Å². The van der Waals surface area contributed by atoms with Gasteiger partial charge in [-0.25, -0.2) is 9.78 Å². The van der Waals surface area contributed by atoms with Crippen molar-refractivity contribution in [3.63, 3.8) is 0 Å². The van der Waals surface area contributed by atoms with Gasteiger partial charge in [0.2, 0.25) is 0 Å². The van der Waals surface area contributed by atoms with Crippen molar-refractivity contribution in [3.05, 3.63) is 48.2 Å². The quantitative estimate of drug-likeness (QED) is 0.338. The van der Waals surface area contributed by atoms with Gasteiger partial charge in [0.15, 0.2) is 5.69 Å². The molecule has 0 radical (unpaired) electrons. The summed E-state index contributed by atoms with van der Waals surface area (Å²) in [4.78, 5) is 29.1. The zero-order chi connectivity index (χ0) is 24.6. The van der Waals surface area contributed by atoms with Crippen molar-refractivity contribution in [2.75, 3.05) is 36.6 Å². The van der Waals surface area contributed by atoms with Crippen LogP contribution in [-0.4, -0.2) is 72.8 Å². The fourth-order valence-corrected chi connectivity index (χ4v) is 4.52. The van der Waals surface area contributed by atoms with Crippen molar-refractivity contribution in [2.45, 2.75) is 31.8 Å². The molecular weight excluding hydrogens is 470 g/mol. The summed E-state index contributed by atoms with van der Waals surface area (Å²) >= 11 is 1.82. The molecule has 1 aliphatic rings. The highest BCUT2D eigenvalue weighted by atomic mass is 32.2. The van der Waals surface area contributed by atoms with Crippen LogP contribution in [0.2, 0.25) is 0 Å². The summed E-state index contributed by atoms with van der Waals surface area (Å²) in [6.07, 6.45) is 7.64. The van der Waals surface area contributed by atoms with Crippen molar-refractivity contribution in [3.8, 4) is 11.3 Å². The SMILES string of the molecule is NCCSCCCn1cc(-c2cccc(C(=O)Nc3cn(C4CCOCC4)nc3C(=O)O)n2)cn1. The Morgan fingerprint density at radius 3 is 2.83 bits per heavy atom. The van der Waals surface area contributed by atoms with E-state index in [1.54, 1.807) is 35.3 Å². The topological polar surface area (TPSA) is 150 Å². The van der Waals surface area contributed by atoms with Gasteiger partial charge in [-0.3, -0.25) is 14.2 Å². The van der Waals surface area contributed by atoms with Crippen molar-refractivity contribution in [1.82, 2.24) is 24.5 Å². The van der Waals surface area contributed by atoms with Gasteiger partial charge in [-0.05, 0) is 37.1 Å². The van der Waals surface area contributed by atoms with Gasteiger partial charge in [-0.1, -0.05) is 6.07 Å². The first kappa shape index (κ1) is 24.9. The van der Waals surface area contributed by atoms with E-state index in [-0.39, 0.29) is 23.1 Å². The average Bonchev–Trinajstić information content (AvgIpc) is 3.52. The highest BCUT2D eigenvalue weighted by Gasteiger charge is 2.23. The summed E-state index contributed by atoms with van der Waals surface area (Å²) < 4.78 is 8.83. The van der Waals surface area contributed by atoms with E-state index >= 15 is 0 Å². The fourth-order valence-electron chi connectivity index (χ4n) is 3.82. The standard InChI is InChI=1S/C23H29N7O4S/c24-7-12-35-11-2-8-29-14-16(13-25-29)18-3-1-4-19(26-18)22(31)27-20-15-30(28-21(20)23(32)33)17-5-9-34-10-6-17/h1,3-4,13-15,17H,2,5-12,24H2,(H,27,31)(H,32,33). The predicted molar refractivity (Wildman–Crippen MR) is 133 cm³/mol. The Morgan fingerprint density at radius 1 is 1.23 bits per heavy atom. The van der Waals surface area contributed by atoms with Gasteiger partial charge in [0.1, 0.15) is 5.69 Å². The number of carboxylic acid groups (broad SMARTS) is 1. The molecule has 1 saturated heterocycles. The van der Waals surface area contributed by atoms with Crippen molar-refractivity contribution < 1.29 is 19.4 Å². The molecule has 0 bridgehead atoms. The third-order valence-corrected chi connectivity index (χ3v) is 6.70. The molecule has 0 spiro atoms. The first-order valence-corrected chi connectivity index (χ1v) is 12.7. The molecule has 4 N–H and O–H groups in total. The molecule has 35 heavy (non-hydrogen) atoms. The van der Waals surface area contributed by atoms with Gasteiger partial charge in [0.25, 0.3) is 5.91 Å². The highest BCUT2D eigenvalue weighted by molar-refractivity contribution is 7.99. The molecule has 0 atom stereocenters. The van der Waals surface area contributed by atoms with E-state index < -0.39 is 11.9 Å². The Kier molecular flexibility index (Phi) is 8.50. The van der Waals surface area contributed by atoms with Crippen molar-refractivity contribution in [1.29, 1.82) is 0 Å². The number of nitrogens with one attached hydrogen (secondary N) is 1. The summed E-state index contributed by atoms with van der Waals surface area (Å²) in [5.41, 5.74) is 7.03. The average molecular weight is 500 g/mol. The number of aromatic carboxylic acids is 1. The van der Waals surface area contributed by atoms with Gasteiger partial charge in [0, 0.05) is 50.0 Å². The number of hydrogen-bond acceptors (Lipinski definition) is 8. The van der Waals surface area contributed by atoms with Crippen LogP contribution in [0.25, 0.3) is 11.3 Å². The molecule has 4 heterocycles. The molecule has 0 aliphatic carbocycles. The number of ether oxygens (including phenoxy) is 1. The number of aromatic nitrogens is 5. The minimum atomic E-state index is -1.21. The lowest BCUT2D eigenvalue weighted by molar-refractivity contribution is 0.0645. The number of amides is 1. The van der Waals surface area contributed by atoms with Gasteiger partial charge in [-0.15, -0.1) is 0 Å². The summed E-state index contributed by atoms with van der Waals surface area (Å²) in [6, 6.07) is 5.16. The summed E-state index contributed by atoms with van der Waals surface area (Å²) in [6.45, 7) is 2.65. The highest BCUT2D eigenvalue weighted by Crippen LogP contribution is 2.25. The molecule has 3 aromatic heterocycles. The Labute approximate surface area is 207 Å². The van der Waals surface area contributed by atoms with Crippen LogP contribution < -0.4 is 11.1 Å². The molecule has 1 fully saturated rings. The Bertz CT molecular complexity index is 1160. The third-order valence-electron chi connectivity index (χ3n) is 5.60. The van der Waals surface area contributed by atoms with E-state index in [2.05, 4.69) is 20.5 Å². The molecule has 4 rings (SSSR count). The maximum atomic E-state index is 12.9. The number of pyridine rings is 1. The molecule has 11 nitrogen and oxygen atoms in total. The zero-order valence-corrected chi connectivity index (χ0v) is 20.1. The molecule has 0 saturated carbocycles. The van der Waals surface area contributed by atoms with Crippen LogP contribution in [0.15, 0.2) is 36.8 Å². The van der Waals surface area contributed by atoms with E-state index in [0.29, 0.717) is 25.5 Å². The predicted octanol–water partition coefficient (Wildman–Crippen LogP) is 2.53. The summed E-state index contributed by atoms with van der Waals surface area (Å²) in [5, 5.41) is 20.8. The summed E-state index contributed by atoms with van der Waals surface area (Å²) in [5.74, 6) is 0.254. The number of anilines is 1. The van der Waals surface area contributed by atoms with Crippen LogP contribution in [0.4, 0.5) is 5.69 Å². The number of rotatable bonds is 11. The second kappa shape index (κ2) is 12.0. The number of aryl methyl sites for hydroxylation is 1. The lowest BCUT2D eigenvalue weighted by atomic mass is 10.1. The van der Waals surface area contributed by atoms with Crippen LogP contribution in [0.3, 0.4) is 0 Å². The third kappa shape index (κ3) is 6.47. The Hall–Kier alpha value is -3.22. The number of hydrogen-bond donors (Lipinski definition) is 3. The minimum absolute atomic E-state index is 0.0322. The van der Waals surface area contributed by atoms with Crippen molar-refractivity contribution in [2.24, 2.45) is 5.73 Å². The molecule has 0 unspecified atom stereocenters. The fraction of sp³-hybridized carbons (Fsp3) is 0.435. The van der Waals surface area contributed by atoms with Crippen LogP contribution in [0.1, 0.15) is 46.3 Å². The largest absolute Gasteiger partial charge is 0.476 e. The first-order valence-electron chi connectivity index (χ1n) is 11.5. The molecular formula is C23H29N7O4S. The maximum Gasteiger partial charge on any atom is 0.358 e. The Morgan fingerprint density at radius 2 is 2.06 bits per heavy atom. The number of nitrogens with zero attached hydrogens (tertiary/aromatic N) is 5. The molecule has 3 aromatic rings. The van der Waals surface area contributed by atoms with Crippen LogP contribution in [0.5, 0.6) is 0 Å². The maximum absolute atomic E-state index is 12.9. The lowest BCUT2D eigenvalue weighted by Gasteiger charge is -2.22. The smallest absolute Gasteiger partial charge is 0.358 e. The van der Waals surface area contributed by atoms with Crippen LogP contribution >= 0.6 is 11.8 Å². The number of carbonyl (C=O) groups is 2. The Balaban J connectivity index is 1.44. The molecule has 1 amide bonds. The molecule has 12 heteroatoms. The first-order chi connectivity index (χ1) is 17.0. The molecule has 0 aromatic carbocycles. The molecule has 186 valence electrons. The van der Waals surface area contributed by atoms with Gasteiger partial charge >= 0.3 is 5.97 Å². The monoisotopic (exact) mass is 499 g/mol. The summed E-state index contributed by atoms with van der Waals surface area (Å²) in [7, 11) is 0. The zero-order valence-electron chi connectivity index (χ0n) is 19.3. The number of nitrogens with two attached hydrogens (primary N) is 1. The van der Waals surface area contributed by atoms with E-state index in [9.17, 15) is 14.7 Å². The lowest BCUT2D eigenvalue weighted by Crippen LogP contribution is -2.20. The van der Waals surface area contributed by atoms with Gasteiger partial charge < -0.3 is 20.9 Å². The number of carbonyl (C=O) groups excluding carboxylic acids is 1. The number of carboxylic acids is 1. The van der Waals surface area contributed by atoms with E-state index in [0.717, 1.165) is 42.9 Å². The van der Waals surface area contributed by atoms with Crippen LogP contribution in [0, 0.1) is 0 Å². The second-order valence-electron chi connectivity index (χ2n) is 8.13. The minimum Gasteiger partial charge on any atom is -0.476 e. The molecule has 1 aliphatic heterocycles. The van der Waals surface area contributed by atoms with Crippen molar-refractivity contribution >= 4 is 29.3 Å². The normalized spacial score (nSPS) is 14.2.